The highest BCUT2D eigenvalue weighted by Crippen LogP contribution is 2.20. The molecule has 2 rings (SSSR count). The summed E-state index contributed by atoms with van der Waals surface area (Å²) in [6, 6.07) is 15.5. The van der Waals surface area contributed by atoms with E-state index in [4.69, 9.17) is 5.26 Å². The highest BCUT2D eigenvalue weighted by Gasteiger charge is 2.21. The van der Waals surface area contributed by atoms with Gasteiger partial charge in [-0.2, -0.15) is 5.26 Å². The minimum absolute atomic E-state index is 0.278. The van der Waals surface area contributed by atoms with Crippen molar-refractivity contribution in [2.75, 3.05) is 22.4 Å². The zero-order valence-corrected chi connectivity index (χ0v) is 14.9. The van der Waals surface area contributed by atoms with Gasteiger partial charge < -0.3 is 5.32 Å². The Bertz CT molecular complexity index is 917. The lowest BCUT2D eigenvalue weighted by Gasteiger charge is -2.22. The molecule has 0 atom stereocenters. The molecule has 7 heteroatoms. The lowest BCUT2D eigenvalue weighted by molar-refractivity contribution is -0.114. The molecular weight excluding hydrogens is 338 g/mol. The van der Waals surface area contributed by atoms with Gasteiger partial charge in [0.15, 0.2) is 0 Å². The number of nitrogens with zero attached hydrogens (tertiary/aromatic N) is 2. The van der Waals surface area contributed by atoms with Crippen LogP contribution in [0.25, 0.3) is 0 Å². The first-order valence-electron chi connectivity index (χ1n) is 7.70. The molecular formula is C18H19N3O3S. The second-order valence-corrected chi connectivity index (χ2v) is 7.40. The summed E-state index contributed by atoms with van der Waals surface area (Å²) < 4.78 is 25.2. The summed E-state index contributed by atoms with van der Waals surface area (Å²) in [5.41, 5.74) is 2.23. The van der Waals surface area contributed by atoms with Gasteiger partial charge in [-0.3, -0.25) is 9.10 Å². The number of nitrogens with one attached hydrogen (secondary N) is 1. The standard InChI is InChI=1S/C18H19N3O3S/c1-3-15-8-4-5-10-17(15)20-18(22)13-21(25(2,23)24)16-9-6-7-14(11-16)12-19/h4-11H,3,13H2,1-2H3,(H,20,22). The Balaban J connectivity index is 2.26. The highest BCUT2D eigenvalue weighted by molar-refractivity contribution is 7.92. The lowest BCUT2D eigenvalue weighted by atomic mass is 10.1. The Morgan fingerprint density at radius 3 is 2.56 bits per heavy atom. The topological polar surface area (TPSA) is 90.3 Å². The summed E-state index contributed by atoms with van der Waals surface area (Å²) >= 11 is 0. The van der Waals surface area contributed by atoms with E-state index in [1.165, 1.54) is 6.07 Å². The van der Waals surface area contributed by atoms with Crippen molar-refractivity contribution in [1.82, 2.24) is 0 Å². The Hall–Kier alpha value is -2.85. The molecule has 6 nitrogen and oxygen atoms in total. The van der Waals surface area contributed by atoms with Gasteiger partial charge in [0.25, 0.3) is 0 Å². The Morgan fingerprint density at radius 1 is 1.20 bits per heavy atom. The first-order valence-corrected chi connectivity index (χ1v) is 9.55. The number of sulfonamides is 1. The van der Waals surface area contributed by atoms with Crippen LogP contribution >= 0.6 is 0 Å². The quantitative estimate of drug-likeness (QED) is 0.860. The van der Waals surface area contributed by atoms with Crippen molar-refractivity contribution < 1.29 is 13.2 Å². The largest absolute Gasteiger partial charge is 0.324 e. The van der Waals surface area contributed by atoms with E-state index >= 15 is 0 Å². The van der Waals surface area contributed by atoms with Crippen LogP contribution in [0.4, 0.5) is 11.4 Å². The monoisotopic (exact) mass is 357 g/mol. The third kappa shape index (κ3) is 4.81. The molecule has 0 radical (unpaired) electrons. The zero-order valence-electron chi connectivity index (χ0n) is 14.1. The Morgan fingerprint density at radius 2 is 1.92 bits per heavy atom. The molecule has 0 aromatic heterocycles. The van der Waals surface area contributed by atoms with Crippen LogP contribution in [0, 0.1) is 11.3 Å². The molecule has 0 bridgehead atoms. The molecule has 1 amide bonds. The molecule has 0 spiro atoms. The first-order chi connectivity index (χ1) is 11.8. The van der Waals surface area contributed by atoms with Crippen molar-refractivity contribution in [1.29, 1.82) is 5.26 Å². The number of hydrogen-bond acceptors (Lipinski definition) is 4. The first kappa shape index (κ1) is 18.5. The summed E-state index contributed by atoms with van der Waals surface area (Å²) in [6.45, 7) is 1.60. The number of carbonyl (C=O) groups excluding carboxylic acids is 1. The van der Waals surface area contributed by atoms with Gasteiger partial charge in [-0.15, -0.1) is 0 Å². The fraction of sp³-hybridized carbons (Fsp3) is 0.222. The highest BCUT2D eigenvalue weighted by atomic mass is 32.2. The third-order valence-electron chi connectivity index (χ3n) is 3.62. The molecule has 2 aromatic carbocycles. The molecule has 0 fully saturated rings. The van der Waals surface area contributed by atoms with Crippen molar-refractivity contribution in [3.63, 3.8) is 0 Å². The van der Waals surface area contributed by atoms with E-state index in [2.05, 4.69) is 5.32 Å². The van der Waals surface area contributed by atoms with Gasteiger partial charge in [-0.1, -0.05) is 31.2 Å². The van der Waals surface area contributed by atoms with Gasteiger partial charge in [0.2, 0.25) is 15.9 Å². The average molecular weight is 357 g/mol. The molecule has 130 valence electrons. The number of nitriles is 1. The summed E-state index contributed by atoms with van der Waals surface area (Å²) in [4.78, 5) is 12.4. The Kier molecular flexibility index (Phi) is 5.78. The maximum atomic E-state index is 12.4. The summed E-state index contributed by atoms with van der Waals surface area (Å²) in [5, 5.41) is 11.7. The van der Waals surface area contributed by atoms with Crippen LogP contribution in [0.3, 0.4) is 0 Å². The van der Waals surface area contributed by atoms with Gasteiger partial charge in [0, 0.05) is 5.69 Å². The predicted octanol–water partition coefficient (Wildman–Crippen LogP) is 2.53. The van der Waals surface area contributed by atoms with Crippen molar-refractivity contribution in [3.05, 3.63) is 59.7 Å². The number of anilines is 2. The number of amides is 1. The maximum absolute atomic E-state index is 12.4. The number of benzene rings is 2. The second-order valence-electron chi connectivity index (χ2n) is 5.49. The van der Waals surface area contributed by atoms with Gasteiger partial charge in [-0.25, -0.2) is 8.42 Å². The van der Waals surface area contributed by atoms with E-state index in [0.29, 0.717) is 11.3 Å². The molecule has 0 heterocycles. The summed E-state index contributed by atoms with van der Waals surface area (Å²) in [5.74, 6) is -0.450. The van der Waals surface area contributed by atoms with E-state index in [0.717, 1.165) is 22.5 Å². The van der Waals surface area contributed by atoms with Gasteiger partial charge in [0.1, 0.15) is 6.54 Å². The lowest BCUT2D eigenvalue weighted by Crippen LogP contribution is -2.37. The summed E-state index contributed by atoms with van der Waals surface area (Å²) in [6.07, 6.45) is 1.77. The van der Waals surface area contributed by atoms with E-state index < -0.39 is 15.9 Å². The molecule has 0 unspecified atom stereocenters. The van der Waals surface area contributed by atoms with E-state index in [9.17, 15) is 13.2 Å². The van der Waals surface area contributed by atoms with Crippen LogP contribution in [0.2, 0.25) is 0 Å². The van der Waals surface area contributed by atoms with Gasteiger partial charge >= 0.3 is 0 Å². The van der Waals surface area contributed by atoms with E-state index in [1.807, 2.05) is 25.1 Å². The van der Waals surface area contributed by atoms with Crippen molar-refractivity contribution >= 4 is 27.3 Å². The molecule has 0 aliphatic rings. The molecule has 25 heavy (non-hydrogen) atoms. The minimum atomic E-state index is -3.68. The number of rotatable bonds is 6. The molecule has 0 aliphatic heterocycles. The second kappa shape index (κ2) is 7.81. The predicted molar refractivity (Wildman–Crippen MR) is 97.8 cm³/mol. The zero-order chi connectivity index (χ0) is 18.4. The molecule has 0 saturated carbocycles. The smallest absolute Gasteiger partial charge is 0.245 e. The van der Waals surface area contributed by atoms with Crippen LogP contribution in [-0.4, -0.2) is 27.1 Å². The van der Waals surface area contributed by atoms with E-state index in [1.54, 1.807) is 30.3 Å². The van der Waals surface area contributed by atoms with Crippen molar-refractivity contribution in [3.8, 4) is 6.07 Å². The molecule has 0 aliphatic carbocycles. The van der Waals surface area contributed by atoms with Crippen LogP contribution in [0.5, 0.6) is 0 Å². The number of aryl methyl sites for hydroxylation is 1. The Labute approximate surface area is 147 Å². The van der Waals surface area contributed by atoms with Crippen LogP contribution in [0.1, 0.15) is 18.1 Å². The number of carbonyl (C=O) groups is 1. The summed E-state index contributed by atoms with van der Waals surface area (Å²) in [7, 11) is -3.68. The van der Waals surface area contributed by atoms with Crippen LogP contribution < -0.4 is 9.62 Å². The minimum Gasteiger partial charge on any atom is -0.324 e. The third-order valence-corrected chi connectivity index (χ3v) is 4.76. The average Bonchev–Trinajstić information content (AvgIpc) is 2.59. The van der Waals surface area contributed by atoms with Crippen molar-refractivity contribution in [2.24, 2.45) is 0 Å². The number of para-hydroxylation sites is 1. The molecule has 0 saturated heterocycles. The SMILES string of the molecule is CCc1ccccc1NC(=O)CN(c1cccc(C#N)c1)S(C)(=O)=O. The van der Waals surface area contributed by atoms with Gasteiger partial charge in [-0.05, 0) is 36.2 Å². The van der Waals surface area contributed by atoms with Gasteiger partial charge in [0.05, 0.1) is 23.6 Å². The number of hydrogen-bond donors (Lipinski definition) is 1. The van der Waals surface area contributed by atoms with Crippen LogP contribution in [0.15, 0.2) is 48.5 Å². The van der Waals surface area contributed by atoms with E-state index in [-0.39, 0.29) is 12.2 Å². The normalized spacial score (nSPS) is 10.8. The van der Waals surface area contributed by atoms with Crippen LogP contribution in [-0.2, 0) is 21.2 Å². The maximum Gasteiger partial charge on any atom is 0.245 e. The molecule has 2 aromatic rings. The van der Waals surface area contributed by atoms with Crippen molar-refractivity contribution in [2.45, 2.75) is 13.3 Å². The fourth-order valence-corrected chi connectivity index (χ4v) is 3.25. The molecule has 1 N–H and O–H groups in total. The fourth-order valence-electron chi connectivity index (χ4n) is 2.40.